The van der Waals surface area contributed by atoms with E-state index in [4.69, 9.17) is 4.74 Å². The summed E-state index contributed by atoms with van der Waals surface area (Å²) in [7, 11) is 3.28. The average Bonchev–Trinajstić information content (AvgIpc) is 3.22. The topological polar surface area (TPSA) is 123 Å². The van der Waals surface area contributed by atoms with Crippen LogP contribution in [-0.4, -0.2) is 52.2 Å². The lowest BCUT2D eigenvalue weighted by Gasteiger charge is -2.19. The molecule has 0 aliphatic rings. The number of methoxy groups -OCH3 is 1. The van der Waals surface area contributed by atoms with Crippen molar-refractivity contribution in [2.75, 3.05) is 29.8 Å². The number of hydrogen-bond donors (Lipinski definition) is 3. The fraction of sp³-hybridized carbons (Fsp3) is 0.226. The molecule has 3 N–H and O–H groups in total. The van der Waals surface area contributed by atoms with Crippen LogP contribution in [-0.2, 0) is 11.8 Å². The summed E-state index contributed by atoms with van der Waals surface area (Å²) in [5, 5.41) is 8.33. The van der Waals surface area contributed by atoms with E-state index in [1.807, 2.05) is 24.5 Å². The summed E-state index contributed by atoms with van der Waals surface area (Å²) in [4.78, 5) is 53.1. The molecule has 1 aromatic heterocycles. The fourth-order valence-electron chi connectivity index (χ4n) is 4.39. The Morgan fingerprint density at radius 2 is 1.57 bits per heavy atom. The molecule has 4 aromatic rings. The highest BCUT2D eigenvalue weighted by Gasteiger charge is 2.26. The van der Waals surface area contributed by atoms with Crippen LogP contribution in [0.3, 0.4) is 0 Å². The van der Waals surface area contributed by atoms with Gasteiger partial charge in [0.05, 0.1) is 29.7 Å². The molecule has 0 radical (unpaired) electrons. The minimum Gasteiger partial charge on any atom is -0.497 e. The molecular weight excluding hydrogens is 554 g/mol. The quantitative estimate of drug-likeness (QED) is 0.241. The monoisotopic (exact) mass is 587 g/mol. The molecule has 4 rings (SSSR count). The number of nitrogens with zero attached hydrogens (tertiary/aromatic N) is 2. The van der Waals surface area contributed by atoms with E-state index in [0.717, 1.165) is 0 Å². The number of para-hydroxylation sites is 2. The predicted octanol–water partition coefficient (Wildman–Crippen LogP) is 4.24. The number of nitrogens with one attached hydrogen (secondary N) is 3. The Hall–Kier alpha value is -4.77. The molecule has 0 aliphatic heterocycles. The van der Waals surface area contributed by atoms with Gasteiger partial charge in [-0.25, -0.2) is 4.68 Å². The molecule has 1 heterocycles. The van der Waals surface area contributed by atoms with Crippen LogP contribution < -0.4 is 26.2 Å². The normalized spacial score (nSPS) is 11.4. The Balaban J connectivity index is 1.54. The van der Waals surface area contributed by atoms with Crippen molar-refractivity contribution < 1.29 is 19.1 Å². The molecule has 1 atom stereocenters. The molecule has 10 nitrogen and oxygen atoms in total. The summed E-state index contributed by atoms with van der Waals surface area (Å²) in [6.45, 7) is 1.74. The van der Waals surface area contributed by atoms with Crippen molar-refractivity contribution in [2.45, 2.75) is 19.4 Å². The van der Waals surface area contributed by atoms with Crippen LogP contribution in [0.4, 0.5) is 11.4 Å². The van der Waals surface area contributed by atoms with Crippen molar-refractivity contribution in [3.8, 4) is 11.4 Å². The lowest BCUT2D eigenvalue weighted by Crippen LogP contribution is -2.45. The van der Waals surface area contributed by atoms with Gasteiger partial charge in [0.15, 0.2) is 0 Å². The largest absolute Gasteiger partial charge is 0.497 e. The van der Waals surface area contributed by atoms with Crippen molar-refractivity contribution in [3.63, 3.8) is 0 Å². The standard InChI is InChI=1S/C31H33N5O5S/c1-20-27(31(40)36(35(20)2)22-10-6-5-7-11-22)34-30(39)26(18-19-42-4)33-29(38)24-12-8-9-13-25(24)32-28(37)21-14-16-23(41-3)17-15-21/h5-17,26H,18-19H2,1-4H3,(H,32,37)(H,33,38)(H,34,39). The second-order valence-electron chi connectivity index (χ2n) is 9.46. The van der Waals surface area contributed by atoms with Gasteiger partial charge in [-0.2, -0.15) is 11.8 Å². The highest BCUT2D eigenvalue weighted by atomic mass is 32.2. The van der Waals surface area contributed by atoms with Crippen LogP contribution >= 0.6 is 11.8 Å². The molecule has 3 aromatic carbocycles. The van der Waals surface area contributed by atoms with Crippen molar-refractivity contribution >= 4 is 40.9 Å². The van der Waals surface area contributed by atoms with Crippen molar-refractivity contribution in [2.24, 2.45) is 7.05 Å². The van der Waals surface area contributed by atoms with E-state index < -0.39 is 23.8 Å². The van der Waals surface area contributed by atoms with Crippen molar-refractivity contribution in [3.05, 3.63) is 106 Å². The summed E-state index contributed by atoms with van der Waals surface area (Å²) in [5.41, 5.74) is 1.88. The van der Waals surface area contributed by atoms with Crippen LogP contribution in [0.2, 0.25) is 0 Å². The van der Waals surface area contributed by atoms with Crippen LogP contribution in [0.5, 0.6) is 5.75 Å². The van der Waals surface area contributed by atoms with Crippen molar-refractivity contribution in [1.29, 1.82) is 0 Å². The Morgan fingerprint density at radius 1 is 0.905 bits per heavy atom. The van der Waals surface area contributed by atoms with Gasteiger partial charge in [-0.1, -0.05) is 30.3 Å². The zero-order chi connectivity index (χ0) is 30.2. The molecule has 0 spiro atoms. The second kappa shape index (κ2) is 13.7. The molecule has 0 saturated carbocycles. The minimum absolute atomic E-state index is 0.141. The highest BCUT2D eigenvalue weighted by Crippen LogP contribution is 2.19. The fourth-order valence-corrected chi connectivity index (χ4v) is 4.86. The molecule has 0 aliphatic carbocycles. The summed E-state index contributed by atoms with van der Waals surface area (Å²) in [6, 6.07) is 21.3. The molecule has 0 saturated heterocycles. The number of carbonyl (C=O) groups is 3. The number of amides is 3. The Kier molecular flexibility index (Phi) is 9.87. The second-order valence-corrected chi connectivity index (χ2v) is 10.4. The molecular formula is C31H33N5O5S. The van der Waals surface area contributed by atoms with Gasteiger partial charge in [0, 0.05) is 12.6 Å². The first-order chi connectivity index (χ1) is 20.2. The van der Waals surface area contributed by atoms with Gasteiger partial charge < -0.3 is 20.7 Å². The molecule has 0 bridgehead atoms. The smallest absolute Gasteiger partial charge is 0.295 e. The number of benzene rings is 3. The molecule has 11 heteroatoms. The summed E-state index contributed by atoms with van der Waals surface area (Å²) < 4.78 is 8.29. The van der Waals surface area contributed by atoms with Crippen LogP contribution in [0, 0.1) is 6.92 Å². The average molecular weight is 588 g/mol. The van der Waals surface area contributed by atoms with Gasteiger partial charge in [-0.3, -0.25) is 23.9 Å². The maximum atomic E-state index is 13.5. The SMILES string of the molecule is COc1ccc(C(=O)Nc2ccccc2C(=O)NC(CCSC)C(=O)Nc2c(C)n(C)n(-c3ccccc3)c2=O)cc1. The van der Waals surface area contributed by atoms with Gasteiger partial charge in [-0.15, -0.1) is 0 Å². The Bertz CT molecular complexity index is 1630. The maximum Gasteiger partial charge on any atom is 0.295 e. The first-order valence-corrected chi connectivity index (χ1v) is 14.6. The molecule has 42 heavy (non-hydrogen) atoms. The number of hydrogen-bond acceptors (Lipinski definition) is 6. The van der Waals surface area contributed by atoms with Gasteiger partial charge in [0.2, 0.25) is 5.91 Å². The van der Waals surface area contributed by atoms with E-state index in [9.17, 15) is 19.2 Å². The molecule has 0 fully saturated rings. The van der Waals surface area contributed by atoms with E-state index in [1.54, 1.807) is 79.3 Å². The first-order valence-electron chi connectivity index (χ1n) is 13.2. The number of thioether (sulfide) groups is 1. The number of rotatable bonds is 11. The van der Waals surface area contributed by atoms with Gasteiger partial charge >= 0.3 is 0 Å². The maximum absolute atomic E-state index is 13.5. The third-order valence-electron chi connectivity index (χ3n) is 6.81. The Labute approximate surface area is 248 Å². The summed E-state index contributed by atoms with van der Waals surface area (Å²) in [6.07, 6.45) is 2.23. The van der Waals surface area contributed by atoms with E-state index in [1.165, 1.54) is 23.6 Å². The van der Waals surface area contributed by atoms with E-state index >= 15 is 0 Å². The Morgan fingerprint density at radius 3 is 2.24 bits per heavy atom. The summed E-state index contributed by atoms with van der Waals surface area (Å²) in [5.74, 6) is -0.234. The van der Waals surface area contributed by atoms with Gasteiger partial charge in [-0.05, 0) is 73.9 Å². The minimum atomic E-state index is -0.931. The van der Waals surface area contributed by atoms with Gasteiger partial charge in [0.1, 0.15) is 17.5 Å². The van der Waals surface area contributed by atoms with Crippen LogP contribution in [0.15, 0.2) is 83.7 Å². The van der Waals surface area contributed by atoms with Crippen LogP contribution in [0.25, 0.3) is 5.69 Å². The zero-order valence-electron chi connectivity index (χ0n) is 23.8. The third-order valence-corrected chi connectivity index (χ3v) is 7.45. The number of ether oxygens (including phenoxy) is 1. The first kappa shape index (κ1) is 30.2. The lowest BCUT2D eigenvalue weighted by molar-refractivity contribution is -0.118. The lowest BCUT2D eigenvalue weighted by atomic mass is 10.1. The third kappa shape index (κ3) is 6.74. The highest BCUT2D eigenvalue weighted by molar-refractivity contribution is 7.98. The molecule has 218 valence electrons. The predicted molar refractivity (Wildman–Crippen MR) is 166 cm³/mol. The van der Waals surface area contributed by atoms with Crippen LogP contribution in [0.1, 0.15) is 32.8 Å². The number of carbonyl (C=O) groups excluding carboxylic acids is 3. The summed E-state index contributed by atoms with van der Waals surface area (Å²) >= 11 is 1.53. The van der Waals surface area contributed by atoms with E-state index in [2.05, 4.69) is 16.0 Å². The van der Waals surface area contributed by atoms with Crippen molar-refractivity contribution in [1.82, 2.24) is 14.7 Å². The van der Waals surface area contributed by atoms with E-state index in [-0.39, 0.29) is 16.8 Å². The van der Waals surface area contributed by atoms with E-state index in [0.29, 0.717) is 40.6 Å². The number of aromatic nitrogens is 2. The number of anilines is 2. The zero-order valence-corrected chi connectivity index (χ0v) is 24.7. The molecule has 1 unspecified atom stereocenters. The van der Waals surface area contributed by atoms with Gasteiger partial charge in [0.25, 0.3) is 17.4 Å². The molecule has 3 amide bonds.